The molecule has 0 aliphatic carbocycles. The Labute approximate surface area is 117 Å². The molecule has 0 spiro atoms. The molecule has 1 aliphatic rings. The minimum atomic E-state index is -0.162. The van der Waals surface area contributed by atoms with Crippen LogP contribution in [0.3, 0.4) is 0 Å². The smallest absolute Gasteiger partial charge is 0.123 e. The molecule has 1 aromatic carbocycles. The summed E-state index contributed by atoms with van der Waals surface area (Å²) in [4.78, 5) is 4.67. The summed E-state index contributed by atoms with van der Waals surface area (Å²) in [6.45, 7) is 2.28. The summed E-state index contributed by atoms with van der Waals surface area (Å²) in [5.41, 5.74) is 2.17. The fraction of sp³-hybridized carbons (Fsp3) is 0.571. The van der Waals surface area contributed by atoms with Crippen molar-refractivity contribution >= 4 is 21.6 Å². The molecule has 100 valence electrons. The fourth-order valence-electron chi connectivity index (χ4n) is 2.58. The Morgan fingerprint density at radius 2 is 2.06 bits per heavy atom. The SMILES string of the molecule is CN1CCC(N(C)c2ccc(F)cc2CBr)CC1. The Hall–Kier alpha value is -0.610. The van der Waals surface area contributed by atoms with Crippen molar-refractivity contribution in [1.82, 2.24) is 4.90 Å². The summed E-state index contributed by atoms with van der Waals surface area (Å²) >= 11 is 3.44. The number of nitrogens with zero attached hydrogens (tertiary/aromatic N) is 2. The highest BCUT2D eigenvalue weighted by Gasteiger charge is 2.22. The van der Waals surface area contributed by atoms with Gasteiger partial charge in [0.1, 0.15) is 5.82 Å². The molecule has 1 fully saturated rings. The highest BCUT2D eigenvalue weighted by Crippen LogP contribution is 2.27. The van der Waals surface area contributed by atoms with E-state index in [-0.39, 0.29) is 5.82 Å². The van der Waals surface area contributed by atoms with Gasteiger partial charge >= 0.3 is 0 Å². The number of anilines is 1. The van der Waals surface area contributed by atoms with Crippen molar-refractivity contribution in [1.29, 1.82) is 0 Å². The number of likely N-dealkylation sites (tertiary alicyclic amines) is 1. The zero-order valence-corrected chi connectivity index (χ0v) is 12.6. The molecule has 4 heteroatoms. The Kier molecular flexibility index (Phi) is 4.62. The number of benzene rings is 1. The zero-order chi connectivity index (χ0) is 13.1. The Balaban J connectivity index is 2.15. The first kappa shape index (κ1) is 13.8. The van der Waals surface area contributed by atoms with Gasteiger partial charge in [-0.05, 0) is 56.7 Å². The summed E-state index contributed by atoms with van der Waals surface area (Å²) in [5, 5.41) is 0.692. The minimum Gasteiger partial charge on any atom is -0.371 e. The predicted molar refractivity (Wildman–Crippen MR) is 78.0 cm³/mol. The summed E-state index contributed by atoms with van der Waals surface area (Å²) in [5.74, 6) is -0.162. The lowest BCUT2D eigenvalue weighted by atomic mass is 10.0. The molecule has 2 nitrogen and oxygen atoms in total. The molecule has 0 atom stereocenters. The third kappa shape index (κ3) is 3.04. The van der Waals surface area contributed by atoms with Gasteiger partial charge in [-0.2, -0.15) is 0 Å². The van der Waals surface area contributed by atoms with Gasteiger partial charge in [-0.25, -0.2) is 4.39 Å². The van der Waals surface area contributed by atoms with Crippen LogP contribution in [0.25, 0.3) is 0 Å². The van der Waals surface area contributed by atoms with Gasteiger partial charge in [0.05, 0.1) is 0 Å². The van der Waals surface area contributed by atoms with Crippen molar-refractivity contribution in [2.75, 3.05) is 32.1 Å². The van der Waals surface area contributed by atoms with Crippen LogP contribution in [0, 0.1) is 5.82 Å². The van der Waals surface area contributed by atoms with E-state index in [4.69, 9.17) is 0 Å². The third-order valence-electron chi connectivity index (χ3n) is 3.80. The average molecular weight is 315 g/mol. The number of hydrogen-bond acceptors (Lipinski definition) is 2. The van der Waals surface area contributed by atoms with E-state index in [0.717, 1.165) is 24.3 Å². The molecule has 18 heavy (non-hydrogen) atoms. The molecule has 1 aromatic rings. The fourth-order valence-corrected chi connectivity index (χ4v) is 3.03. The first-order chi connectivity index (χ1) is 8.61. The standard InChI is InChI=1S/C14H20BrFN2/c1-17-7-5-13(6-8-17)18(2)14-4-3-12(16)9-11(14)10-15/h3-4,9,13H,5-8,10H2,1-2H3. The molecule has 0 unspecified atom stereocenters. The number of halogens is 2. The van der Waals surface area contributed by atoms with Gasteiger partial charge in [0, 0.05) is 24.1 Å². The van der Waals surface area contributed by atoms with E-state index in [1.54, 1.807) is 12.1 Å². The zero-order valence-electron chi connectivity index (χ0n) is 11.0. The normalized spacial score (nSPS) is 18.0. The number of piperidine rings is 1. The third-order valence-corrected chi connectivity index (χ3v) is 4.41. The van der Waals surface area contributed by atoms with Crippen LogP contribution in [-0.2, 0) is 5.33 Å². The number of alkyl halides is 1. The van der Waals surface area contributed by atoms with Crippen molar-refractivity contribution < 1.29 is 4.39 Å². The van der Waals surface area contributed by atoms with Crippen molar-refractivity contribution in [2.24, 2.45) is 0 Å². The molecule has 0 amide bonds. The van der Waals surface area contributed by atoms with E-state index in [1.165, 1.54) is 12.8 Å². The minimum absolute atomic E-state index is 0.162. The monoisotopic (exact) mass is 314 g/mol. The highest BCUT2D eigenvalue weighted by atomic mass is 79.9. The summed E-state index contributed by atoms with van der Waals surface area (Å²) in [6.07, 6.45) is 2.35. The van der Waals surface area contributed by atoms with E-state index in [9.17, 15) is 4.39 Å². The van der Waals surface area contributed by atoms with Gasteiger partial charge in [0.25, 0.3) is 0 Å². The number of hydrogen-bond donors (Lipinski definition) is 0. The Bertz CT molecular complexity index is 403. The van der Waals surface area contributed by atoms with E-state index in [1.807, 2.05) is 6.07 Å². The second-order valence-electron chi connectivity index (χ2n) is 5.05. The lowest BCUT2D eigenvalue weighted by Gasteiger charge is -2.37. The molecule has 1 aliphatic heterocycles. The van der Waals surface area contributed by atoms with Crippen LogP contribution in [0.4, 0.5) is 10.1 Å². The van der Waals surface area contributed by atoms with E-state index in [2.05, 4.69) is 39.8 Å². The summed E-state index contributed by atoms with van der Waals surface area (Å²) in [7, 11) is 4.29. The molecule has 0 saturated carbocycles. The first-order valence-corrected chi connectivity index (χ1v) is 7.49. The van der Waals surface area contributed by atoms with Crippen LogP contribution in [0.5, 0.6) is 0 Å². The Morgan fingerprint density at radius 1 is 1.39 bits per heavy atom. The second kappa shape index (κ2) is 6.02. The largest absolute Gasteiger partial charge is 0.371 e. The van der Waals surface area contributed by atoms with Gasteiger partial charge in [-0.15, -0.1) is 0 Å². The van der Waals surface area contributed by atoms with Crippen LogP contribution < -0.4 is 4.90 Å². The quantitative estimate of drug-likeness (QED) is 0.790. The van der Waals surface area contributed by atoms with E-state index in [0.29, 0.717) is 11.4 Å². The van der Waals surface area contributed by atoms with Crippen LogP contribution in [0.15, 0.2) is 18.2 Å². The highest BCUT2D eigenvalue weighted by molar-refractivity contribution is 9.08. The second-order valence-corrected chi connectivity index (χ2v) is 5.61. The van der Waals surface area contributed by atoms with Crippen molar-refractivity contribution in [3.8, 4) is 0 Å². The van der Waals surface area contributed by atoms with Crippen molar-refractivity contribution in [3.05, 3.63) is 29.6 Å². The maximum absolute atomic E-state index is 13.2. The lowest BCUT2D eigenvalue weighted by molar-refractivity contribution is 0.253. The number of rotatable bonds is 3. The van der Waals surface area contributed by atoms with E-state index < -0.39 is 0 Å². The van der Waals surface area contributed by atoms with Gasteiger partial charge in [-0.1, -0.05) is 15.9 Å². The lowest BCUT2D eigenvalue weighted by Crippen LogP contribution is -2.42. The molecule has 0 aromatic heterocycles. The van der Waals surface area contributed by atoms with Gasteiger partial charge in [0.15, 0.2) is 0 Å². The van der Waals surface area contributed by atoms with Crippen LogP contribution in [0.2, 0.25) is 0 Å². The molecule has 0 N–H and O–H groups in total. The van der Waals surface area contributed by atoms with Crippen LogP contribution in [-0.4, -0.2) is 38.1 Å². The molecular formula is C14H20BrFN2. The van der Waals surface area contributed by atoms with Gasteiger partial charge in [-0.3, -0.25) is 0 Å². The maximum Gasteiger partial charge on any atom is 0.123 e. The molecule has 1 saturated heterocycles. The maximum atomic E-state index is 13.2. The molecule has 0 radical (unpaired) electrons. The van der Waals surface area contributed by atoms with Crippen LogP contribution >= 0.6 is 15.9 Å². The van der Waals surface area contributed by atoms with Gasteiger partial charge < -0.3 is 9.80 Å². The first-order valence-electron chi connectivity index (χ1n) is 6.37. The molecule has 0 bridgehead atoms. The summed E-state index contributed by atoms with van der Waals surface area (Å²) < 4.78 is 13.2. The van der Waals surface area contributed by atoms with Crippen LogP contribution in [0.1, 0.15) is 18.4 Å². The molecule has 2 rings (SSSR count). The van der Waals surface area contributed by atoms with Gasteiger partial charge in [0.2, 0.25) is 0 Å². The molecule has 1 heterocycles. The van der Waals surface area contributed by atoms with Crippen molar-refractivity contribution in [3.63, 3.8) is 0 Å². The molecular weight excluding hydrogens is 295 g/mol. The topological polar surface area (TPSA) is 6.48 Å². The van der Waals surface area contributed by atoms with Crippen molar-refractivity contribution in [2.45, 2.75) is 24.2 Å². The average Bonchev–Trinajstić information content (AvgIpc) is 2.38. The summed E-state index contributed by atoms with van der Waals surface area (Å²) in [6, 6.07) is 5.62. The Morgan fingerprint density at radius 3 is 2.67 bits per heavy atom. The van der Waals surface area contributed by atoms with E-state index >= 15 is 0 Å². The predicted octanol–water partition coefficient (Wildman–Crippen LogP) is 3.25.